The first kappa shape index (κ1) is 13.0. The van der Waals surface area contributed by atoms with Crippen molar-refractivity contribution in [3.63, 3.8) is 0 Å². The zero-order valence-electron chi connectivity index (χ0n) is 10.4. The molecule has 0 saturated carbocycles. The Balaban J connectivity index is 1.74. The number of aromatic nitrogens is 2. The van der Waals surface area contributed by atoms with Gasteiger partial charge in [0.1, 0.15) is 5.82 Å². The van der Waals surface area contributed by atoms with Gasteiger partial charge in [-0.15, -0.1) is 0 Å². The van der Waals surface area contributed by atoms with Gasteiger partial charge in [-0.25, -0.2) is 9.97 Å². The minimum atomic E-state index is 0.775. The van der Waals surface area contributed by atoms with Crippen molar-refractivity contribution in [3.8, 4) is 0 Å². The van der Waals surface area contributed by atoms with Crippen molar-refractivity contribution in [1.82, 2.24) is 15.3 Å². The van der Waals surface area contributed by atoms with E-state index in [1.54, 1.807) is 6.20 Å². The van der Waals surface area contributed by atoms with Crippen LogP contribution in [-0.4, -0.2) is 16.5 Å². The van der Waals surface area contributed by atoms with Gasteiger partial charge in [0.15, 0.2) is 0 Å². The number of halogens is 1. The summed E-state index contributed by atoms with van der Waals surface area (Å²) in [6.45, 7) is 3.60. The molecule has 3 nitrogen and oxygen atoms in total. The van der Waals surface area contributed by atoms with Crippen LogP contribution >= 0.6 is 11.6 Å². The Hall–Kier alpha value is -1.45. The Kier molecular flexibility index (Phi) is 4.67. The molecule has 0 aliphatic rings. The molecule has 1 aromatic carbocycles. The lowest BCUT2D eigenvalue weighted by Gasteiger charge is -2.05. The molecule has 0 fully saturated rings. The van der Waals surface area contributed by atoms with E-state index in [1.807, 2.05) is 25.1 Å². The fraction of sp³-hybridized carbons (Fsp3) is 0.286. The highest BCUT2D eigenvalue weighted by atomic mass is 35.5. The van der Waals surface area contributed by atoms with E-state index >= 15 is 0 Å². The summed E-state index contributed by atoms with van der Waals surface area (Å²) in [7, 11) is 0. The summed E-state index contributed by atoms with van der Waals surface area (Å²) in [6, 6.07) is 9.88. The van der Waals surface area contributed by atoms with Crippen LogP contribution in [-0.2, 0) is 13.0 Å². The van der Waals surface area contributed by atoms with Crippen LogP contribution in [0.1, 0.15) is 17.1 Å². The first-order valence-electron chi connectivity index (χ1n) is 5.98. The van der Waals surface area contributed by atoms with Crippen molar-refractivity contribution in [3.05, 3.63) is 58.6 Å². The molecule has 0 saturated heterocycles. The molecule has 2 rings (SSSR count). The fourth-order valence-electron chi connectivity index (χ4n) is 1.70. The summed E-state index contributed by atoms with van der Waals surface area (Å²) < 4.78 is 0. The molecule has 1 aromatic heterocycles. The Morgan fingerprint density at radius 1 is 1.17 bits per heavy atom. The van der Waals surface area contributed by atoms with E-state index in [9.17, 15) is 0 Å². The average molecular weight is 262 g/mol. The zero-order valence-corrected chi connectivity index (χ0v) is 11.1. The predicted molar refractivity (Wildman–Crippen MR) is 73.6 cm³/mol. The second-order valence-corrected chi connectivity index (χ2v) is 4.58. The van der Waals surface area contributed by atoms with E-state index in [2.05, 4.69) is 27.4 Å². The third kappa shape index (κ3) is 4.09. The van der Waals surface area contributed by atoms with Crippen molar-refractivity contribution < 1.29 is 0 Å². The van der Waals surface area contributed by atoms with Crippen LogP contribution < -0.4 is 5.32 Å². The van der Waals surface area contributed by atoms with Gasteiger partial charge in [0.05, 0.1) is 5.69 Å². The van der Waals surface area contributed by atoms with E-state index in [1.165, 1.54) is 5.56 Å². The summed E-state index contributed by atoms with van der Waals surface area (Å²) in [6.07, 6.45) is 2.78. The van der Waals surface area contributed by atoms with Crippen molar-refractivity contribution >= 4 is 11.6 Å². The molecular formula is C14H16ClN3. The molecule has 2 aromatic rings. The van der Waals surface area contributed by atoms with Gasteiger partial charge < -0.3 is 5.32 Å². The maximum absolute atomic E-state index is 5.84. The lowest BCUT2D eigenvalue weighted by molar-refractivity contribution is 0.671. The van der Waals surface area contributed by atoms with Crippen LogP contribution in [0.2, 0.25) is 5.02 Å². The first-order chi connectivity index (χ1) is 8.74. The minimum Gasteiger partial charge on any atom is -0.311 e. The van der Waals surface area contributed by atoms with Gasteiger partial charge >= 0.3 is 0 Å². The Bertz CT molecular complexity index is 497. The third-order valence-electron chi connectivity index (χ3n) is 2.64. The van der Waals surface area contributed by atoms with Crippen LogP contribution in [0.15, 0.2) is 36.5 Å². The number of nitrogens with one attached hydrogen (secondary N) is 1. The molecule has 0 aliphatic heterocycles. The Morgan fingerprint density at radius 2 is 1.94 bits per heavy atom. The summed E-state index contributed by atoms with van der Waals surface area (Å²) >= 11 is 5.84. The fourth-order valence-corrected chi connectivity index (χ4v) is 1.83. The normalized spacial score (nSPS) is 10.6. The average Bonchev–Trinajstić information content (AvgIpc) is 2.37. The van der Waals surface area contributed by atoms with Gasteiger partial charge in [-0.1, -0.05) is 23.7 Å². The molecule has 0 spiro atoms. The highest BCUT2D eigenvalue weighted by Gasteiger charge is 1.96. The lowest BCUT2D eigenvalue weighted by Crippen LogP contribution is -2.17. The summed E-state index contributed by atoms with van der Waals surface area (Å²) in [4.78, 5) is 8.41. The topological polar surface area (TPSA) is 37.8 Å². The van der Waals surface area contributed by atoms with E-state index in [0.717, 1.165) is 36.1 Å². The van der Waals surface area contributed by atoms with Crippen LogP contribution in [0.25, 0.3) is 0 Å². The van der Waals surface area contributed by atoms with Crippen molar-refractivity contribution in [2.24, 2.45) is 0 Å². The molecule has 0 atom stereocenters. The van der Waals surface area contributed by atoms with E-state index in [0.29, 0.717) is 0 Å². The summed E-state index contributed by atoms with van der Waals surface area (Å²) in [5.41, 5.74) is 2.31. The molecule has 0 aliphatic carbocycles. The second-order valence-electron chi connectivity index (χ2n) is 4.15. The van der Waals surface area contributed by atoms with E-state index < -0.39 is 0 Å². The smallest absolute Gasteiger partial charge is 0.125 e. The standard InChI is InChI=1S/C14H16ClN3/c1-11-17-9-7-14(18-11)10-16-8-6-12-2-4-13(15)5-3-12/h2-5,7,9,16H,6,8,10H2,1H3. The summed E-state index contributed by atoms with van der Waals surface area (Å²) in [5, 5.41) is 4.15. The summed E-state index contributed by atoms with van der Waals surface area (Å²) in [5.74, 6) is 0.812. The molecule has 0 radical (unpaired) electrons. The van der Waals surface area contributed by atoms with Gasteiger partial charge in [0.2, 0.25) is 0 Å². The quantitative estimate of drug-likeness (QED) is 0.841. The van der Waals surface area contributed by atoms with Crippen molar-refractivity contribution in [1.29, 1.82) is 0 Å². The maximum Gasteiger partial charge on any atom is 0.125 e. The third-order valence-corrected chi connectivity index (χ3v) is 2.90. The molecule has 0 bridgehead atoms. The molecule has 0 amide bonds. The SMILES string of the molecule is Cc1nccc(CNCCc2ccc(Cl)cc2)n1. The number of nitrogens with zero attached hydrogens (tertiary/aromatic N) is 2. The highest BCUT2D eigenvalue weighted by molar-refractivity contribution is 6.30. The van der Waals surface area contributed by atoms with Crippen LogP contribution in [0, 0.1) is 6.92 Å². The number of hydrogen-bond donors (Lipinski definition) is 1. The number of benzene rings is 1. The molecule has 1 heterocycles. The predicted octanol–water partition coefficient (Wildman–Crippen LogP) is 2.77. The van der Waals surface area contributed by atoms with Gasteiger partial charge in [-0.3, -0.25) is 0 Å². The molecule has 94 valence electrons. The second kappa shape index (κ2) is 6.47. The van der Waals surface area contributed by atoms with Crippen LogP contribution in [0.3, 0.4) is 0 Å². The molecule has 18 heavy (non-hydrogen) atoms. The molecule has 1 N–H and O–H groups in total. The zero-order chi connectivity index (χ0) is 12.8. The van der Waals surface area contributed by atoms with Gasteiger partial charge in [0.25, 0.3) is 0 Å². The van der Waals surface area contributed by atoms with Crippen LogP contribution in [0.5, 0.6) is 0 Å². The van der Waals surface area contributed by atoms with E-state index in [4.69, 9.17) is 11.6 Å². The van der Waals surface area contributed by atoms with E-state index in [-0.39, 0.29) is 0 Å². The minimum absolute atomic E-state index is 0.775. The number of hydrogen-bond acceptors (Lipinski definition) is 3. The first-order valence-corrected chi connectivity index (χ1v) is 6.35. The number of aryl methyl sites for hydroxylation is 1. The van der Waals surface area contributed by atoms with Crippen LogP contribution in [0.4, 0.5) is 0 Å². The molecule has 4 heteroatoms. The maximum atomic E-state index is 5.84. The Labute approximate surface area is 112 Å². The molecule has 0 unspecified atom stereocenters. The van der Waals surface area contributed by atoms with Crippen molar-refractivity contribution in [2.75, 3.05) is 6.54 Å². The molecular weight excluding hydrogens is 246 g/mol. The monoisotopic (exact) mass is 261 g/mol. The van der Waals surface area contributed by atoms with Crippen molar-refractivity contribution in [2.45, 2.75) is 19.9 Å². The van der Waals surface area contributed by atoms with Gasteiger partial charge in [-0.2, -0.15) is 0 Å². The number of rotatable bonds is 5. The van der Waals surface area contributed by atoms with Gasteiger partial charge in [0, 0.05) is 17.8 Å². The van der Waals surface area contributed by atoms with Gasteiger partial charge in [-0.05, 0) is 43.7 Å². The highest BCUT2D eigenvalue weighted by Crippen LogP contribution is 2.09. The Morgan fingerprint density at radius 3 is 2.67 bits per heavy atom. The largest absolute Gasteiger partial charge is 0.311 e. The lowest BCUT2D eigenvalue weighted by atomic mass is 10.1.